The molecule has 222 valence electrons. The molecule has 1 saturated carbocycles. The number of fused-ring (bicyclic) bond motifs is 2. The molecule has 0 bridgehead atoms. The Labute approximate surface area is 251 Å². The van der Waals surface area contributed by atoms with Crippen molar-refractivity contribution in [2.75, 3.05) is 11.6 Å². The third-order valence-electron chi connectivity index (χ3n) is 8.03. The summed E-state index contributed by atoms with van der Waals surface area (Å²) < 4.78 is 38.8. The second-order valence-electron chi connectivity index (χ2n) is 11.1. The number of aromatic amines is 2. The van der Waals surface area contributed by atoms with Gasteiger partial charge in [0, 0.05) is 63.7 Å². The van der Waals surface area contributed by atoms with Gasteiger partial charge in [-0.1, -0.05) is 6.42 Å². The average Bonchev–Trinajstić information content (AvgIpc) is 3.59. The Balaban J connectivity index is 1.26. The van der Waals surface area contributed by atoms with Crippen LogP contribution in [0.1, 0.15) is 30.2 Å². The summed E-state index contributed by atoms with van der Waals surface area (Å²) in [7, 11) is -3.65. The Hall–Kier alpha value is -5.01. The maximum Gasteiger partial charge on any atom is 0.227 e. The fourth-order valence-corrected chi connectivity index (χ4v) is 6.05. The fourth-order valence-electron chi connectivity index (χ4n) is 5.42. The Morgan fingerprint density at radius 2 is 1.84 bits per heavy atom. The standard InChI is InChI=1S/C31H27FN8O3S/c1-44(42,43)29(33)18-7-17(8-21(32)9-18)27-23-12-26(38-25(23)5-6-35-27)28-24-11-20(14-36-30(24)40-39-28)19-10-22(15-34-13-19)37-31(41)16-3-2-4-16/h5-16,29,38H,2-4,33H2,1H3,(H,37,41)(H,36,39,40). The summed E-state index contributed by atoms with van der Waals surface area (Å²) in [6, 6.07) is 11.4. The van der Waals surface area contributed by atoms with Gasteiger partial charge in [-0.25, -0.2) is 17.8 Å². The number of hydrogen-bond donors (Lipinski definition) is 4. The molecule has 0 spiro atoms. The van der Waals surface area contributed by atoms with Crippen molar-refractivity contribution in [1.29, 1.82) is 0 Å². The summed E-state index contributed by atoms with van der Waals surface area (Å²) in [6.45, 7) is 0. The van der Waals surface area contributed by atoms with E-state index < -0.39 is 21.0 Å². The molecular weight excluding hydrogens is 583 g/mol. The van der Waals surface area contributed by atoms with E-state index in [2.05, 4.69) is 35.5 Å². The number of aromatic nitrogens is 6. The van der Waals surface area contributed by atoms with E-state index >= 15 is 0 Å². The van der Waals surface area contributed by atoms with Crippen LogP contribution in [0, 0.1) is 11.7 Å². The molecule has 6 aromatic rings. The van der Waals surface area contributed by atoms with Gasteiger partial charge in [0.1, 0.15) is 11.2 Å². The van der Waals surface area contributed by atoms with E-state index in [1.165, 1.54) is 6.07 Å². The lowest BCUT2D eigenvalue weighted by Crippen LogP contribution is -2.28. The number of sulfone groups is 1. The highest BCUT2D eigenvalue weighted by Gasteiger charge is 2.25. The van der Waals surface area contributed by atoms with Crippen LogP contribution >= 0.6 is 0 Å². The largest absolute Gasteiger partial charge is 0.353 e. The quantitative estimate of drug-likeness (QED) is 0.193. The highest BCUT2D eigenvalue weighted by atomic mass is 32.2. The Morgan fingerprint density at radius 3 is 2.61 bits per heavy atom. The number of rotatable bonds is 7. The maximum atomic E-state index is 14.7. The first-order valence-corrected chi connectivity index (χ1v) is 15.9. The molecule has 1 aromatic carbocycles. The Bertz CT molecular complexity index is 2190. The van der Waals surface area contributed by atoms with Crippen LogP contribution in [0.4, 0.5) is 10.1 Å². The van der Waals surface area contributed by atoms with Gasteiger partial charge >= 0.3 is 0 Å². The molecule has 1 amide bonds. The maximum absolute atomic E-state index is 14.7. The van der Waals surface area contributed by atoms with E-state index in [1.54, 1.807) is 36.9 Å². The molecular formula is C31H27FN8O3S. The molecule has 1 fully saturated rings. The van der Waals surface area contributed by atoms with Gasteiger partial charge < -0.3 is 16.0 Å². The van der Waals surface area contributed by atoms with Crippen molar-refractivity contribution in [3.05, 3.63) is 78.6 Å². The molecule has 0 radical (unpaired) electrons. The van der Waals surface area contributed by atoms with Gasteiger partial charge in [-0.15, -0.1) is 0 Å². The first-order valence-electron chi connectivity index (χ1n) is 14.0. The molecule has 7 rings (SSSR count). The van der Waals surface area contributed by atoms with E-state index in [1.807, 2.05) is 18.2 Å². The minimum absolute atomic E-state index is 0.0151. The average molecular weight is 611 g/mol. The van der Waals surface area contributed by atoms with Crippen LogP contribution in [0.5, 0.6) is 0 Å². The van der Waals surface area contributed by atoms with Crippen molar-refractivity contribution in [2.24, 2.45) is 11.7 Å². The van der Waals surface area contributed by atoms with E-state index in [9.17, 15) is 17.6 Å². The van der Waals surface area contributed by atoms with Gasteiger partial charge in [-0.2, -0.15) is 5.10 Å². The number of halogens is 1. The number of anilines is 1. The molecule has 1 aliphatic carbocycles. The third kappa shape index (κ3) is 5.09. The van der Waals surface area contributed by atoms with Crippen LogP contribution in [0.15, 0.2) is 67.3 Å². The van der Waals surface area contributed by atoms with Gasteiger partial charge in [-0.05, 0) is 60.9 Å². The monoisotopic (exact) mass is 610 g/mol. The van der Waals surface area contributed by atoms with Crippen molar-refractivity contribution < 1.29 is 17.6 Å². The zero-order valence-electron chi connectivity index (χ0n) is 23.5. The van der Waals surface area contributed by atoms with E-state index in [0.29, 0.717) is 39.4 Å². The number of H-pyrrole nitrogens is 2. The van der Waals surface area contributed by atoms with Crippen LogP contribution in [0.25, 0.3) is 55.7 Å². The number of carbonyl (C=O) groups excluding carboxylic acids is 1. The van der Waals surface area contributed by atoms with Crippen molar-refractivity contribution in [3.63, 3.8) is 0 Å². The highest BCUT2D eigenvalue weighted by molar-refractivity contribution is 7.90. The molecule has 5 aromatic heterocycles. The molecule has 0 saturated heterocycles. The lowest BCUT2D eigenvalue weighted by atomic mass is 9.85. The number of amides is 1. The highest BCUT2D eigenvalue weighted by Crippen LogP contribution is 2.35. The first-order chi connectivity index (χ1) is 21.1. The molecule has 1 unspecified atom stereocenters. The second-order valence-corrected chi connectivity index (χ2v) is 13.3. The lowest BCUT2D eigenvalue weighted by molar-refractivity contribution is -0.122. The second kappa shape index (κ2) is 10.6. The summed E-state index contributed by atoms with van der Waals surface area (Å²) in [6.07, 6.45) is 10.5. The Morgan fingerprint density at radius 1 is 1.02 bits per heavy atom. The zero-order valence-corrected chi connectivity index (χ0v) is 24.3. The smallest absolute Gasteiger partial charge is 0.227 e. The molecule has 13 heteroatoms. The summed E-state index contributed by atoms with van der Waals surface area (Å²) >= 11 is 0. The summed E-state index contributed by atoms with van der Waals surface area (Å²) in [5, 5.41) is 10.5. The van der Waals surface area contributed by atoms with Gasteiger partial charge in [0.15, 0.2) is 15.5 Å². The number of nitrogens with two attached hydrogens (primary N) is 1. The summed E-state index contributed by atoms with van der Waals surface area (Å²) in [5.41, 5.74) is 11.7. The lowest BCUT2D eigenvalue weighted by Gasteiger charge is -2.24. The van der Waals surface area contributed by atoms with Crippen LogP contribution in [0.3, 0.4) is 0 Å². The number of carbonyl (C=O) groups is 1. The number of pyridine rings is 3. The summed E-state index contributed by atoms with van der Waals surface area (Å²) in [5.74, 6) is -0.544. The number of hydrogen-bond acceptors (Lipinski definition) is 8. The molecule has 11 nitrogen and oxygen atoms in total. The van der Waals surface area contributed by atoms with E-state index in [0.717, 1.165) is 53.6 Å². The minimum Gasteiger partial charge on any atom is -0.353 e. The molecule has 1 atom stereocenters. The SMILES string of the molecule is CS(=O)(=O)C(N)c1cc(F)cc(-c2nccc3[nH]c(-c4[nH]nc5ncc(-c6cncc(NC(=O)C7CCC7)c6)cc45)cc23)c1. The third-order valence-corrected chi connectivity index (χ3v) is 9.22. The molecule has 5 heterocycles. The first kappa shape index (κ1) is 27.8. The topological polar surface area (TPSA) is 172 Å². The predicted molar refractivity (Wildman–Crippen MR) is 165 cm³/mol. The number of benzene rings is 1. The van der Waals surface area contributed by atoms with Gasteiger partial charge in [0.05, 0.1) is 29.0 Å². The van der Waals surface area contributed by atoms with Crippen LogP contribution in [-0.4, -0.2) is 50.7 Å². The molecule has 0 aliphatic heterocycles. The molecule has 1 aliphatic rings. The number of nitrogens with one attached hydrogen (secondary N) is 3. The van der Waals surface area contributed by atoms with E-state index in [4.69, 9.17) is 5.73 Å². The zero-order chi connectivity index (χ0) is 30.6. The van der Waals surface area contributed by atoms with Gasteiger partial charge in [0.25, 0.3) is 0 Å². The predicted octanol–water partition coefficient (Wildman–Crippen LogP) is 5.11. The molecule has 5 N–H and O–H groups in total. The van der Waals surface area contributed by atoms with Crippen molar-refractivity contribution in [1.82, 2.24) is 30.1 Å². The minimum atomic E-state index is -3.65. The summed E-state index contributed by atoms with van der Waals surface area (Å²) in [4.78, 5) is 29.2. The van der Waals surface area contributed by atoms with E-state index in [-0.39, 0.29) is 17.4 Å². The fraction of sp³-hybridized carbons (Fsp3) is 0.194. The Kier molecular flexibility index (Phi) is 6.70. The van der Waals surface area contributed by atoms with Crippen LogP contribution in [0.2, 0.25) is 0 Å². The van der Waals surface area contributed by atoms with Gasteiger partial charge in [-0.3, -0.25) is 19.9 Å². The van der Waals surface area contributed by atoms with Crippen molar-refractivity contribution in [3.8, 4) is 33.8 Å². The van der Waals surface area contributed by atoms with Gasteiger partial charge in [0.2, 0.25) is 5.91 Å². The number of nitrogens with zero attached hydrogens (tertiary/aromatic N) is 4. The molecule has 44 heavy (non-hydrogen) atoms. The van der Waals surface area contributed by atoms with Crippen molar-refractivity contribution in [2.45, 2.75) is 24.6 Å². The van der Waals surface area contributed by atoms with Crippen molar-refractivity contribution >= 4 is 43.4 Å². The normalized spacial score (nSPS) is 14.5. The van der Waals surface area contributed by atoms with Crippen LogP contribution in [-0.2, 0) is 14.6 Å². The van der Waals surface area contributed by atoms with Crippen LogP contribution < -0.4 is 11.1 Å².